The van der Waals surface area contributed by atoms with Crippen LogP contribution in [-0.2, 0) is 6.42 Å². The van der Waals surface area contributed by atoms with Gasteiger partial charge in [0.05, 0.1) is 0 Å². The van der Waals surface area contributed by atoms with Crippen molar-refractivity contribution in [2.45, 2.75) is 13.3 Å². The standard InChI is InChI=1S/C14H12ClF2NO/c1-2-8-5-10(3-4-11(8)15)19-14-12(16)6-9(18)7-13(14)17/h3-7H,2,18H2,1H3. The van der Waals surface area contributed by atoms with Gasteiger partial charge >= 0.3 is 0 Å². The summed E-state index contributed by atoms with van der Waals surface area (Å²) < 4.78 is 32.4. The first-order valence-electron chi connectivity index (χ1n) is 5.72. The average molecular weight is 284 g/mol. The van der Waals surface area contributed by atoms with Crippen LogP contribution in [0.2, 0.25) is 5.02 Å². The van der Waals surface area contributed by atoms with Crippen molar-refractivity contribution < 1.29 is 13.5 Å². The first-order chi connectivity index (χ1) is 9.01. The highest BCUT2D eigenvalue weighted by Crippen LogP contribution is 2.31. The molecule has 0 spiro atoms. The molecule has 0 amide bonds. The molecule has 2 nitrogen and oxygen atoms in total. The van der Waals surface area contributed by atoms with Gasteiger partial charge in [-0.05, 0) is 30.2 Å². The van der Waals surface area contributed by atoms with Gasteiger partial charge in [0, 0.05) is 22.8 Å². The highest BCUT2D eigenvalue weighted by atomic mass is 35.5. The average Bonchev–Trinajstić information content (AvgIpc) is 2.35. The van der Waals surface area contributed by atoms with Crippen LogP contribution in [-0.4, -0.2) is 0 Å². The zero-order valence-electron chi connectivity index (χ0n) is 10.2. The lowest BCUT2D eigenvalue weighted by Gasteiger charge is -2.10. The second-order valence-electron chi connectivity index (χ2n) is 4.02. The fraction of sp³-hybridized carbons (Fsp3) is 0.143. The summed E-state index contributed by atoms with van der Waals surface area (Å²) in [6, 6.07) is 6.85. The largest absolute Gasteiger partial charge is 0.451 e. The summed E-state index contributed by atoms with van der Waals surface area (Å²) in [5.74, 6) is -1.83. The number of aryl methyl sites for hydroxylation is 1. The van der Waals surface area contributed by atoms with E-state index in [2.05, 4.69) is 0 Å². The molecule has 2 rings (SSSR count). The van der Waals surface area contributed by atoms with Crippen LogP contribution in [0.3, 0.4) is 0 Å². The number of benzene rings is 2. The van der Waals surface area contributed by atoms with Crippen LogP contribution in [0.25, 0.3) is 0 Å². The van der Waals surface area contributed by atoms with Crippen LogP contribution < -0.4 is 10.5 Å². The summed E-state index contributed by atoms with van der Waals surface area (Å²) in [5, 5.41) is 0.591. The van der Waals surface area contributed by atoms with Crippen LogP contribution in [0, 0.1) is 11.6 Å². The molecule has 0 heterocycles. The molecule has 2 aromatic rings. The molecule has 100 valence electrons. The molecule has 2 N–H and O–H groups in total. The Morgan fingerprint density at radius 2 is 1.79 bits per heavy atom. The van der Waals surface area contributed by atoms with E-state index in [0.717, 1.165) is 17.7 Å². The number of hydrogen-bond donors (Lipinski definition) is 1. The van der Waals surface area contributed by atoms with Gasteiger partial charge < -0.3 is 10.5 Å². The minimum absolute atomic E-state index is 0.00713. The fourth-order valence-corrected chi connectivity index (χ4v) is 1.93. The maximum Gasteiger partial charge on any atom is 0.198 e. The molecule has 0 aliphatic rings. The molecular weight excluding hydrogens is 272 g/mol. The van der Waals surface area contributed by atoms with Crippen molar-refractivity contribution in [3.8, 4) is 11.5 Å². The summed E-state index contributed by atoms with van der Waals surface area (Å²) in [6.45, 7) is 1.93. The van der Waals surface area contributed by atoms with E-state index in [1.54, 1.807) is 18.2 Å². The predicted molar refractivity (Wildman–Crippen MR) is 71.7 cm³/mol. The molecule has 0 bridgehead atoms. The molecule has 5 heteroatoms. The van der Waals surface area contributed by atoms with Gasteiger partial charge in [0.2, 0.25) is 0 Å². The second-order valence-corrected chi connectivity index (χ2v) is 4.43. The molecule has 0 aliphatic heterocycles. The predicted octanol–water partition coefficient (Wildman–Crippen LogP) is 4.56. The number of ether oxygens (including phenoxy) is 1. The lowest BCUT2D eigenvalue weighted by atomic mass is 10.1. The SMILES string of the molecule is CCc1cc(Oc2c(F)cc(N)cc2F)ccc1Cl. The van der Waals surface area contributed by atoms with Crippen molar-refractivity contribution >= 4 is 17.3 Å². The molecule has 19 heavy (non-hydrogen) atoms. The highest BCUT2D eigenvalue weighted by molar-refractivity contribution is 6.31. The van der Waals surface area contributed by atoms with E-state index in [0.29, 0.717) is 17.2 Å². The quantitative estimate of drug-likeness (QED) is 0.838. The maximum atomic E-state index is 13.6. The molecule has 0 fully saturated rings. The third-order valence-corrected chi connectivity index (χ3v) is 3.01. The molecule has 0 saturated heterocycles. The Kier molecular flexibility index (Phi) is 3.90. The van der Waals surface area contributed by atoms with Crippen LogP contribution in [0.1, 0.15) is 12.5 Å². The zero-order chi connectivity index (χ0) is 14.0. The molecule has 0 aliphatic carbocycles. The van der Waals surface area contributed by atoms with E-state index in [1.165, 1.54) is 0 Å². The van der Waals surface area contributed by atoms with Crippen LogP contribution in [0.4, 0.5) is 14.5 Å². The molecule has 0 unspecified atom stereocenters. The Hall–Kier alpha value is -1.81. The van der Waals surface area contributed by atoms with Gasteiger partial charge in [-0.2, -0.15) is 0 Å². The molecular formula is C14H12ClF2NO. The van der Waals surface area contributed by atoms with Crippen molar-refractivity contribution in [1.82, 2.24) is 0 Å². The van der Waals surface area contributed by atoms with E-state index in [1.807, 2.05) is 6.92 Å². The fourth-order valence-electron chi connectivity index (χ4n) is 1.68. The lowest BCUT2D eigenvalue weighted by Crippen LogP contribution is -1.96. The zero-order valence-corrected chi connectivity index (χ0v) is 11.0. The Bertz CT molecular complexity index is 593. The van der Waals surface area contributed by atoms with Gasteiger partial charge in [-0.1, -0.05) is 18.5 Å². The Morgan fingerprint density at radius 3 is 2.37 bits per heavy atom. The topological polar surface area (TPSA) is 35.2 Å². The lowest BCUT2D eigenvalue weighted by molar-refractivity contribution is 0.407. The van der Waals surface area contributed by atoms with Crippen molar-refractivity contribution in [3.05, 3.63) is 52.6 Å². The van der Waals surface area contributed by atoms with Crippen LogP contribution >= 0.6 is 11.6 Å². The molecule has 0 radical (unpaired) electrons. The van der Waals surface area contributed by atoms with Crippen molar-refractivity contribution in [2.75, 3.05) is 5.73 Å². The van der Waals surface area contributed by atoms with Crippen molar-refractivity contribution in [1.29, 1.82) is 0 Å². The molecule has 0 saturated carbocycles. The number of anilines is 1. The minimum atomic E-state index is -0.842. The van der Waals surface area contributed by atoms with Crippen LogP contribution in [0.5, 0.6) is 11.5 Å². The third-order valence-electron chi connectivity index (χ3n) is 2.64. The van der Waals surface area contributed by atoms with Crippen molar-refractivity contribution in [3.63, 3.8) is 0 Å². The number of nitrogens with two attached hydrogens (primary N) is 1. The smallest absolute Gasteiger partial charge is 0.198 e. The van der Waals surface area contributed by atoms with Gasteiger partial charge in [-0.25, -0.2) is 8.78 Å². The Labute approximate surface area is 114 Å². The van der Waals surface area contributed by atoms with Gasteiger partial charge in [-0.15, -0.1) is 0 Å². The maximum absolute atomic E-state index is 13.6. The molecule has 0 aromatic heterocycles. The summed E-state index contributed by atoms with van der Waals surface area (Å²) in [5.41, 5.74) is 6.18. The third kappa shape index (κ3) is 2.96. The first-order valence-corrected chi connectivity index (χ1v) is 6.10. The molecule has 0 atom stereocenters. The van der Waals surface area contributed by atoms with Crippen molar-refractivity contribution in [2.24, 2.45) is 0 Å². The summed E-state index contributed by atoms with van der Waals surface area (Å²) in [4.78, 5) is 0. The monoisotopic (exact) mass is 283 g/mol. The number of rotatable bonds is 3. The van der Waals surface area contributed by atoms with Gasteiger partial charge in [0.25, 0.3) is 0 Å². The number of nitrogen functional groups attached to an aromatic ring is 1. The van der Waals surface area contributed by atoms with E-state index < -0.39 is 17.4 Å². The summed E-state index contributed by atoms with van der Waals surface area (Å²) >= 11 is 5.96. The van der Waals surface area contributed by atoms with Crippen LogP contribution in [0.15, 0.2) is 30.3 Å². The second kappa shape index (κ2) is 5.45. The van der Waals surface area contributed by atoms with Gasteiger partial charge in [-0.3, -0.25) is 0 Å². The van der Waals surface area contributed by atoms with E-state index in [9.17, 15) is 8.78 Å². The highest BCUT2D eigenvalue weighted by Gasteiger charge is 2.13. The summed E-state index contributed by atoms with van der Waals surface area (Å²) in [6.07, 6.45) is 0.697. The van der Waals surface area contributed by atoms with E-state index in [-0.39, 0.29) is 5.69 Å². The van der Waals surface area contributed by atoms with E-state index in [4.69, 9.17) is 22.1 Å². The van der Waals surface area contributed by atoms with Gasteiger partial charge in [0.15, 0.2) is 17.4 Å². The first kappa shape index (κ1) is 13.6. The summed E-state index contributed by atoms with van der Waals surface area (Å²) in [7, 11) is 0. The number of halogens is 3. The molecule has 2 aromatic carbocycles. The minimum Gasteiger partial charge on any atom is -0.451 e. The Morgan fingerprint density at radius 1 is 1.16 bits per heavy atom. The Balaban J connectivity index is 2.36. The normalized spacial score (nSPS) is 10.5. The van der Waals surface area contributed by atoms with E-state index >= 15 is 0 Å². The van der Waals surface area contributed by atoms with Gasteiger partial charge in [0.1, 0.15) is 5.75 Å². The number of hydrogen-bond acceptors (Lipinski definition) is 2.